The number of para-hydroxylation sites is 1. The Morgan fingerprint density at radius 3 is 2.81 bits per heavy atom. The molecule has 3 rings (SSSR count). The van der Waals surface area contributed by atoms with Crippen LogP contribution in [0, 0.1) is 0 Å². The van der Waals surface area contributed by atoms with E-state index in [1.54, 1.807) is 6.07 Å². The van der Waals surface area contributed by atoms with Gasteiger partial charge in [0.1, 0.15) is 0 Å². The summed E-state index contributed by atoms with van der Waals surface area (Å²) in [4.78, 5) is 0. The summed E-state index contributed by atoms with van der Waals surface area (Å²) in [5, 5.41) is 0. The first kappa shape index (κ1) is 14.5. The highest BCUT2D eigenvalue weighted by Gasteiger charge is 2.45. The van der Waals surface area contributed by atoms with Crippen LogP contribution in [0.1, 0.15) is 12.0 Å². The van der Waals surface area contributed by atoms with Crippen molar-refractivity contribution in [2.45, 2.75) is 19.3 Å². The van der Waals surface area contributed by atoms with Crippen LogP contribution in [-0.4, -0.2) is 43.5 Å². The van der Waals surface area contributed by atoms with Crippen molar-refractivity contribution >= 4 is 10.2 Å². The van der Waals surface area contributed by atoms with Gasteiger partial charge in [-0.1, -0.05) is 12.1 Å². The van der Waals surface area contributed by atoms with E-state index in [1.165, 1.54) is 27.8 Å². The molecule has 1 fully saturated rings. The molecule has 6 nitrogen and oxygen atoms in total. The minimum Gasteiger partial charge on any atom is -0.395 e. The molecule has 0 amide bonds. The van der Waals surface area contributed by atoms with Gasteiger partial charge in [-0.2, -0.15) is 17.0 Å². The van der Waals surface area contributed by atoms with Gasteiger partial charge in [0.15, 0.2) is 11.5 Å². The maximum atomic E-state index is 13.1. The molecular formula is C12H14F2N2O4S. The second-order valence-electron chi connectivity index (χ2n) is 4.93. The lowest BCUT2D eigenvalue weighted by atomic mass is 10.2. The summed E-state index contributed by atoms with van der Waals surface area (Å²) < 4.78 is 61.9. The summed E-state index contributed by atoms with van der Waals surface area (Å²) in [5.41, 5.74) is 0.351. The molecule has 0 saturated carbocycles. The molecule has 9 heteroatoms. The number of rotatable bonds is 2. The molecule has 2 aliphatic heterocycles. The van der Waals surface area contributed by atoms with Gasteiger partial charge in [0, 0.05) is 32.2 Å². The molecule has 0 bridgehead atoms. The largest absolute Gasteiger partial charge is 0.586 e. The van der Waals surface area contributed by atoms with E-state index in [0.29, 0.717) is 25.1 Å². The number of hydrogen-bond acceptors (Lipinski definition) is 4. The molecule has 21 heavy (non-hydrogen) atoms. The van der Waals surface area contributed by atoms with Gasteiger partial charge in [-0.15, -0.1) is 8.78 Å². The molecule has 0 N–H and O–H groups in total. The minimum absolute atomic E-state index is 0.0325. The topological polar surface area (TPSA) is 59.1 Å². The first-order valence-corrected chi connectivity index (χ1v) is 7.78. The normalized spacial score (nSPS) is 24.1. The number of nitrogens with zero attached hydrogens (tertiary/aromatic N) is 2. The Hall–Kier alpha value is -1.45. The van der Waals surface area contributed by atoms with E-state index in [2.05, 4.69) is 9.47 Å². The summed E-state index contributed by atoms with van der Waals surface area (Å²) in [7, 11) is -2.07. The van der Waals surface area contributed by atoms with E-state index in [0.717, 1.165) is 0 Å². The highest BCUT2D eigenvalue weighted by atomic mass is 32.2. The smallest absolute Gasteiger partial charge is 0.395 e. The van der Waals surface area contributed by atoms with Gasteiger partial charge in [0.25, 0.3) is 10.2 Å². The Balaban J connectivity index is 1.89. The zero-order valence-electron chi connectivity index (χ0n) is 11.3. The van der Waals surface area contributed by atoms with E-state index in [9.17, 15) is 17.2 Å². The molecule has 2 heterocycles. The van der Waals surface area contributed by atoms with Crippen molar-refractivity contribution in [1.29, 1.82) is 0 Å². The number of halogens is 2. The van der Waals surface area contributed by atoms with Crippen molar-refractivity contribution in [1.82, 2.24) is 8.61 Å². The van der Waals surface area contributed by atoms with Crippen molar-refractivity contribution in [3.8, 4) is 11.5 Å². The van der Waals surface area contributed by atoms with Crippen molar-refractivity contribution < 1.29 is 26.7 Å². The summed E-state index contributed by atoms with van der Waals surface area (Å²) in [5.74, 6) is -0.189. The van der Waals surface area contributed by atoms with E-state index >= 15 is 0 Å². The van der Waals surface area contributed by atoms with Crippen LogP contribution in [0.4, 0.5) is 8.78 Å². The molecule has 2 aliphatic rings. The van der Waals surface area contributed by atoms with Crippen LogP contribution < -0.4 is 9.47 Å². The summed E-state index contributed by atoms with van der Waals surface area (Å²) in [6, 6.07) is 4.43. The van der Waals surface area contributed by atoms with Crippen LogP contribution in [0.25, 0.3) is 0 Å². The van der Waals surface area contributed by atoms with Crippen molar-refractivity contribution in [2.75, 3.05) is 20.1 Å². The maximum absolute atomic E-state index is 13.1. The Kier molecular flexibility index (Phi) is 3.30. The zero-order chi connectivity index (χ0) is 15.3. The van der Waals surface area contributed by atoms with Crippen LogP contribution in [0.2, 0.25) is 0 Å². The molecule has 1 saturated heterocycles. The summed E-state index contributed by atoms with van der Waals surface area (Å²) in [6.45, 7) is 0.756. The van der Waals surface area contributed by atoms with Gasteiger partial charge < -0.3 is 9.47 Å². The predicted octanol–water partition coefficient (Wildman–Crippen LogP) is 1.39. The zero-order valence-corrected chi connectivity index (χ0v) is 12.1. The molecule has 0 atom stereocenters. The van der Waals surface area contributed by atoms with Gasteiger partial charge in [-0.3, -0.25) is 0 Å². The lowest BCUT2D eigenvalue weighted by Crippen LogP contribution is -2.47. The molecule has 1 aromatic carbocycles. The molecule has 0 aliphatic carbocycles. The maximum Gasteiger partial charge on any atom is 0.586 e. The quantitative estimate of drug-likeness (QED) is 0.826. The fraction of sp³-hybridized carbons (Fsp3) is 0.500. The van der Waals surface area contributed by atoms with Gasteiger partial charge in [0.2, 0.25) is 0 Å². The summed E-state index contributed by atoms with van der Waals surface area (Å²) in [6.07, 6.45) is -3.03. The Morgan fingerprint density at radius 2 is 2.05 bits per heavy atom. The molecular weight excluding hydrogens is 306 g/mol. The molecule has 1 aromatic rings. The van der Waals surface area contributed by atoms with Crippen molar-refractivity contribution in [3.63, 3.8) is 0 Å². The van der Waals surface area contributed by atoms with Gasteiger partial charge in [-0.05, 0) is 12.5 Å². The first-order valence-electron chi connectivity index (χ1n) is 6.39. The highest BCUT2D eigenvalue weighted by molar-refractivity contribution is 7.86. The monoisotopic (exact) mass is 320 g/mol. The van der Waals surface area contributed by atoms with Crippen molar-refractivity contribution in [2.24, 2.45) is 0 Å². The molecule has 0 aromatic heterocycles. The van der Waals surface area contributed by atoms with Crippen LogP contribution in [0.5, 0.6) is 11.5 Å². The van der Waals surface area contributed by atoms with Crippen LogP contribution in [0.15, 0.2) is 18.2 Å². The number of fused-ring (bicyclic) bond motifs is 1. The molecule has 0 unspecified atom stereocenters. The Bertz CT molecular complexity index is 665. The average molecular weight is 320 g/mol. The lowest BCUT2D eigenvalue weighted by Gasteiger charge is -2.32. The highest BCUT2D eigenvalue weighted by Crippen LogP contribution is 2.43. The lowest BCUT2D eigenvalue weighted by molar-refractivity contribution is -0.287. The third-order valence-electron chi connectivity index (χ3n) is 3.46. The minimum atomic E-state index is -3.71. The standard InChI is InChI=1S/C12H14F2N2O4S/c1-15-6-3-7-16(21(15,17)18)8-9-4-2-5-10-11(9)20-12(13,14)19-10/h2,4-5H,3,6-8H2,1H3. The van der Waals surface area contributed by atoms with Crippen molar-refractivity contribution in [3.05, 3.63) is 23.8 Å². The fourth-order valence-corrected chi connectivity index (χ4v) is 3.81. The van der Waals surface area contributed by atoms with Crippen LogP contribution in [0.3, 0.4) is 0 Å². The van der Waals surface area contributed by atoms with Gasteiger partial charge in [-0.25, -0.2) is 0 Å². The summed E-state index contributed by atoms with van der Waals surface area (Å²) >= 11 is 0. The second kappa shape index (κ2) is 4.79. The first-order chi connectivity index (χ1) is 9.79. The molecule has 0 spiro atoms. The average Bonchev–Trinajstić information content (AvgIpc) is 2.70. The van der Waals surface area contributed by atoms with E-state index < -0.39 is 16.5 Å². The van der Waals surface area contributed by atoms with Gasteiger partial charge >= 0.3 is 6.29 Å². The number of alkyl halides is 2. The Morgan fingerprint density at radius 1 is 1.29 bits per heavy atom. The van der Waals surface area contributed by atoms with E-state index in [4.69, 9.17) is 0 Å². The van der Waals surface area contributed by atoms with E-state index in [1.807, 2.05) is 0 Å². The third kappa shape index (κ3) is 2.56. The number of benzene rings is 1. The van der Waals surface area contributed by atoms with E-state index in [-0.39, 0.29) is 18.0 Å². The SMILES string of the molecule is CN1CCCN(Cc2cccc3c2OC(F)(F)O3)S1(=O)=O. The molecule has 0 radical (unpaired) electrons. The number of ether oxygens (including phenoxy) is 2. The Labute approximate surface area is 121 Å². The van der Waals surface area contributed by atoms with Crippen LogP contribution >= 0.6 is 0 Å². The molecule has 116 valence electrons. The number of hydrogen-bond donors (Lipinski definition) is 0. The second-order valence-corrected chi connectivity index (χ2v) is 6.96. The third-order valence-corrected chi connectivity index (χ3v) is 5.39. The fourth-order valence-electron chi connectivity index (χ4n) is 2.40. The predicted molar refractivity (Wildman–Crippen MR) is 69.2 cm³/mol. The van der Waals surface area contributed by atoms with Gasteiger partial charge in [0.05, 0.1) is 0 Å². The van der Waals surface area contributed by atoms with Crippen LogP contribution in [-0.2, 0) is 16.8 Å².